The summed E-state index contributed by atoms with van der Waals surface area (Å²) in [5, 5.41) is 5.79. The largest absolute Gasteiger partial charge is 0.465 e. The van der Waals surface area contributed by atoms with Gasteiger partial charge in [0.05, 0.1) is 24.1 Å². The Labute approximate surface area is 183 Å². The molecule has 0 unspecified atom stereocenters. The van der Waals surface area contributed by atoms with Gasteiger partial charge in [0.2, 0.25) is 15.9 Å². The molecule has 0 aliphatic rings. The first-order valence-electron chi connectivity index (χ1n) is 9.97. The van der Waals surface area contributed by atoms with Gasteiger partial charge in [-0.15, -0.1) is 0 Å². The first kappa shape index (κ1) is 24.4. The Bertz CT molecular complexity index is 1060. The van der Waals surface area contributed by atoms with E-state index in [1.807, 2.05) is 6.92 Å². The second-order valence-electron chi connectivity index (χ2n) is 6.99. The van der Waals surface area contributed by atoms with Crippen molar-refractivity contribution in [3.05, 3.63) is 53.1 Å². The third-order valence-corrected chi connectivity index (χ3v) is 6.96. The molecule has 0 atom stereocenters. The van der Waals surface area contributed by atoms with Gasteiger partial charge in [0, 0.05) is 24.5 Å². The lowest BCUT2D eigenvalue weighted by atomic mass is 10.1. The zero-order valence-corrected chi connectivity index (χ0v) is 19.3. The lowest BCUT2D eigenvalue weighted by Crippen LogP contribution is -2.30. The fraction of sp³-hybridized carbons (Fsp3) is 0.364. The van der Waals surface area contributed by atoms with E-state index in [-0.39, 0.29) is 17.3 Å². The normalized spacial score (nSPS) is 11.3. The Morgan fingerprint density at radius 1 is 0.968 bits per heavy atom. The predicted molar refractivity (Wildman–Crippen MR) is 121 cm³/mol. The molecule has 8 nitrogen and oxygen atoms in total. The van der Waals surface area contributed by atoms with Crippen LogP contribution in [0.4, 0.5) is 11.4 Å². The van der Waals surface area contributed by atoms with Gasteiger partial charge in [-0.3, -0.25) is 4.79 Å². The van der Waals surface area contributed by atoms with Crippen LogP contribution in [0.2, 0.25) is 0 Å². The molecule has 0 spiro atoms. The standard InChI is InChI=1S/C22H29N3O5S/c1-6-25(7-2)31(28,29)18-10-8-15(3)20(13-18)24-21(26)14-23-19-11-9-17(12-16(19)4)22(27)30-5/h8-13,23H,6-7,14H2,1-5H3,(H,24,26). The highest BCUT2D eigenvalue weighted by Gasteiger charge is 2.22. The van der Waals surface area contributed by atoms with Crippen molar-refractivity contribution in [1.82, 2.24) is 4.31 Å². The van der Waals surface area contributed by atoms with Crippen LogP contribution in [-0.4, -0.2) is 51.3 Å². The lowest BCUT2D eigenvalue weighted by molar-refractivity contribution is -0.114. The maximum Gasteiger partial charge on any atom is 0.337 e. The number of amides is 1. The molecule has 168 valence electrons. The summed E-state index contributed by atoms with van der Waals surface area (Å²) in [6, 6.07) is 9.70. The van der Waals surface area contributed by atoms with Gasteiger partial charge in [0.15, 0.2) is 0 Å². The van der Waals surface area contributed by atoms with E-state index in [4.69, 9.17) is 4.74 Å². The number of nitrogens with one attached hydrogen (secondary N) is 2. The van der Waals surface area contributed by atoms with Crippen LogP contribution in [0.1, 0.15) is 35.3 Å². The van der Waals surface area contributed by atoms with Crippen LogP contribution in [0, 0.1) is 13.8 Å². The molecule has 0 aromatic heterocycles. The van der Waals surface area contributed by atoms with Gasteiger partial charge in [-0.1, -0.05) is 19.9 Å². The van der Waals surface area contributed by atoms with E-state index >= 15 is 0 Å². The molecule has 0 bridgehead atoms. The number of ether oxygens (including phenoxy) is 1. The van der Waals surface area contributed by atoms with Crippen LogP contribution >= 0.6 is 0 Å². The monoisotopic (exact) mass is 447 g/mol. The van der Waals surface area contributed by atoms with Crippen molar-refractivity contribution >= 4 is 33.3 Å². The Hall–Kier alpha value is -2.91. The zero-order chi connectivity index (χ0) is 23.2. The molecule has 0 radical (unpaired) electrons. The molecule has 2 rings (SSSR count). The highest BCUT2D eigenvalue weighted by atomic mass is 32.2. The van der Waals surface area contributed by atoms with Crippen LogP contribution in [0.25, 0.3) is 0 Å². The van der Waals surface area contributed by atoms with E-state index in [0.29, 0.717) is 30.0 Å². The number of benzene rings is 2. The van der Waals surface area contributed by atoms with Crippen LogP contribution in [0.15, 0.2) is 41.3 Å². The molecule has 2 aromatic carbocycles. The Morgan fingerprint density at radius 2 is 1.65 bits per heavy atom. The summed E-state index contributed by atoms with van der Waals surface area (Å²) < 4.78 is 31.6. The molecule has 0 aliphatic heterocycles. The first-order valence-corrected chi connectivity index (χ1v) is 11.4. The third-order valence-electron chi connectivity index (χ3n) is 4.91. The van der Waals surface area contributed by atoms with Gasteiger partial charge in [-0.2, -0.15) is 4.31 Å². The average Bonchev–Trinajstić information content (AvgIpc) is 2.74. The summed E-state index contributed by atoms with van der Waals surface area (Å²) >= 11 is 0. The number of hydrogen-bond acceptors (Lipinski definition) is 6. The maximum atomic E-state index is 12.8. The van der Waals surface area contributed by atoms with Gasteiger partial charge >= 0.3 is 5.97 Å². The van der Waals surface area contributed by atoms with Crippen LogP contribution in [-0.2, 0) is 19.6 Å². The molecule has 0 saturated heterocycles. The maximum absolute atomic E-state index is 12.8. The zero-order valence-electron chi connectivity index (χ0n) is 18.5. The fourth-order valence-electron chi connectivity index (χ4n) is 3.09. The van der Waals surface area contributed by atoms with Crippen LogP contribution < -0.4 is 10.6 Å². The van der Waals surface area contributed by atoms with E-state index in [2.05, 4.69) is 10.6 Å². The van der Waals surface area contributed by atoms with E-state index in [9.17, 15) is 18.0 Å². The number of nitrogens with zero attached hydrogens (tertiary/aromatic N) is 1. The SMILES string of the molecule is CCN(CC)S(=O)(=O)c1ccc(C)c(NC(=O)CNc2ccc(C(=O)OC)cc2C)c1. The first-order chi connectivity index (χ1) is 14.6. The van der Waals surface area contributed by atoms with E-state index in [0.717, 1.165) is 11.1 Å². The van der Waals surface area contributed by atoms with E-state index in [1.54, 1.807) is 51.1 Å². The molecule has 2 aromatic rings. The van der Waals surface area contributed by atoms with Gasteiger partial charge in [0.25, 0.3) is 0 Å². The number of methoxy groups -OCH3 is 1. The molecular formula is C22H29N3O5S. The molecule has 0 heterocycles. The van der Waals surface area contributed by atoms with Gasteiger partial charge in [-0.25, -0.2) is 13.2 Å². The molecule has 31 heavy (non-hydrogen) atoms. The molecule has 1 amide bonds. The Morgan fingerprint density at radius 3 is 2.23 bits per heavy atom. The molecule has 2 N–H and O–H groups in total. The summed E-state index contributed by atoms with van der Waals surface area (Å²) in [7, 11) is -2.30. The number of hydrogen-bond donors (Lipinski definition) is 2. The topological polar surface area (TPSA) is 105 Å². The van der Waals surface area contributed by atoms with Gasteiger partial charge in [-0.05, 0) is 55.3 Å². The summed E-state index contributed by atoms with van der Waals surface area (Å²) in [4.78, 5) is 24.2. The van der Waals surface area contributed by atoms with Crippen molar-refractivity contribution in [2.75, 3.05) is 37.4 Å². The smallest absolute Gasteiger partial charge is 0.337 e. The van der Waals surface area contributed by atoms with E-state index < -0.39 is 16.0 Å². The van der Waals surface area contributed by atoms with E-state index in [1.165, 1.54) is 17.5 Å². The number of esters is 1. The Balaban J connectivity index is 2.12. The van der Waals surface area contributed by atoms with Gasteiger partial charge < -0.3 is 15.4 Å². The van der Waals surface area contributed by atoms with Crippen molar-refractivity contribution in [2.45, 2.75) is 32.6 Å². The Kier molecular flexibility index (Phi) is 8.18. The molecule has 9 heteroatoms. The van der Waals surface area contributed by atoms with Crippen molar-refractivity contribution in [3.8, 4) is 0 Å². The van der Waals surface area contributed by atoms with Crippen LogP contribution in [0.5, 0.6) is 0 Å². The number of sulfonamides is 1. The second kappa shape index (κ2) is 10.4. The van der Waals surface area contributed by atoms with Crippen molar-refractivity contribution < 1.29 is 22.7 Å². The molecular weight excluding hydrogens is 418 g/mol. The summed E-state index contributed by atoms with van der Waals surface area (Å²) in [6.45, 7) is 7.89. The minimum absolute atomic E-state index is 0.0229. The number of carbonyl (C=O) groups excluding carboxylic acids is 2. The minimum Gasteiger partial charge on any atom is -0.465 e. The molecule has 0 aliphatic carbocycles. The van der Waals surface area contributed by atoms with Crippen molar-refractivity contribution in [3.63, 3.8) is 0 Å². The van der Waals surface area contributed by atoms with Crippen molar-refractivity contribution in [1.29, 1.82) is 0 Å². The van der Waals surface area contributed by atoms with Gasteiger partial charge in [0.1, 0.15) is 0 Å². The lowest BCUT2D eigenvalue weighted by Gasteiger charge is -2.19. The summed E-state index contributed by atoms with van der Waals surface area (Å²) in [5.74, 6) is -0.751. The number of anilines is 2. The van der Waals surface area contributed by atoms with Crippen molar-refractivity contribution in [2.24, 2.45) is 0 Å². The summed E-state index contributed by atoms with van der Waals surface area (Å²) in [6.07, 6.45) is 0. The number of carbonyl (C=O) groups is 2. The quantitative estimate of drug-likeness (QED) is 0.572. The highest BCUT2D eigenvalue weighted by Crippen LogP contribution is 2.23. The number of rotatable bonds is 9. The molecule has 0 fully saturated rings. The highest BCUT2D eigenvalue weighted by molar-refractivity contribution is 7.89. The minimum atomic E-state index is -3.62. The average molecular weight is 448 g/mol. The summed E-state index contributed by atoms with van der Waals surface area (Å²) in [5.41, 5.74) is 3.12. The fourth-order valence-corrected chi connectivity index (χ4v) is 4.57. The van der Waals surface area contributed by atoms with Crippen LogP contribution in [0.3, 0.4) is 0 Å². The predicted octanol–water partition coefficient (Wildman–Crippen LogP) is 3.17. The number of aryl methyl sites for hydroxylation is 2. The third kappa shape index (κ3) is 5.83. The second-order valence-corrected chi connectivity index (χ2v) is 8.93. The molecule has 0 saturated carbocycles.